The number of amides is 2. The molecule has 140 valence electrons. The number of nitrogens with zero attached hydrogens (tertiary/aromatic N) is 7. The number of hydrogen-bond acceptors (Lipinski definition) is 6. The van der Waals surface area contributed by atoms with Gasteiger partial charge in [0.2, 0.25) is 0 Å². The Balaban J connectivity index is 1.35. The minimum Gasteiger partial charge on any atom is -0.351 e. The van der Waals surface area contributed by atoms with E-state index in [1.54, 1.807) is 28.8 Å². The summed E-state index contributed by atoms with van der Waals surface area (Å²) in [5.74, 6) is 0.447. The van der Waals surface area contributed by atoms with Gasteiger partial charge in [-0.2, -0.15) is 0 Å². The minimum atomic E-state index is -0.289. The molecule has 10 heteroatoms. The van der Waals surface area contributed by atoms with Crippen molar-refractivity contribution in [3.05, 3.63) is 42.0 Å². The molecule has 9 nitrogen and oxygen atoms in total. The lowest BCUT2D eigenvalue weighted by Crippen LogP contribution is -2.52. The lowest BCUT2D eigenvalue weighted by molar-refractivity contribution is 0.194. The zero-order valence-electron chi connectivity index (χ0n) is 14.8. The standard InChI is InChI=1S/C17H19FN8O/c1-24-15-14(22-23-24)16(21-11-20-15)25-6-8-26(9-7-25)17(27)19-10-12-2-4-13(18)5-3-12/h2-5,11H,6-10H2,1H3,(H,19,27). The molecule has 27 heavy (non-hydrogen) atoms. The minimum absolute atomic E-state index is 0.133. The average Bonchev–Trinajstić information content (AvgIpc) is 3.09. The zero-order valence-corrected chi connectivity index (χ0v) is 14.8. The molecule has 0 atom stereocenters. The number of aryl methyl sites for hydroxylation is 1. The fourth-order valence-corrected chi connectivity index (χ4v) is 3.09. The highest BCUT2D eigenvalue weighted by molar-refractivity contribution is 5.82. The van der Waals surface area contributed by atoms with Crippen molar-refractivity contribution in [1.29, 1.82) is 0 Å². The second kappa shape index (κ2) is 7.14. The molecule has 2 aromatic heterocycles. The third-order valence-electron chi connectivity index (χ3n) is 4.59. The summed E-state index contributed by atoms with van der Waals surface area (Å²) in [7, 11) is 1.79. The zero-order chi connectivity index (χ0) is 18.8. The smallest absolute Gasteiger partial charge is 0.317 e. The summed E-state index contributed by atoms with van der Waals surface area (Å²) >= 11 is 0. The molecule has 4 rings (SSSR count). The van der Waals surface area contributed by atoms with Crippen molar-refractivity contribution in [3.8, 4) is 0 Å². The Morgan fingerprint density at radius 1 is 1.15 bits per heavy atom. The van der Waals surface area contributed by atoms with Crippen LogP contribution in [0.2, 0.25) is 0 Å². The monoisotopic (exact) mass is 370 g/mol. The molecule has 3 heterocycles. The van der Waals surface area contributed by atoms with E-state index in [0.29, 0.717) is 43.9 Å². The molecule has 0 saturated carbocycles. The summed E-state index contributed by atoms with van der Waals surface area (Å²) in [5, 5.41) is 11.0. The molecule has 3 aromatic rings. The van der Waals surface area contributed by atoms with Crippen LogP contribution in [0, 0.1) is 5.82 Å². The number of carbonyl (C=O) groups excluding carboxylic acids is 1. The van der Waals surface area contributed by atoms with Crippen LogP contribution in [0.1, 0.15) is 5.56 Å². The number of fused-ring (bicyclic) bond motifs is 1. The number of piperazine rings is 1. The van der Waals surface area contributed by atoms with Gasteiger partial charge in [0.1, 0.15) is 12.1 Å². The second-order valence-corrected chi connectivity index (χ2v) is 6.34. The largest absolute Gasteiger partial charge is 0.351 e. The van der Waals surface area contributed by atoms with Gasteiger partial charge in [0.25, 0.3) is 0 Å². The number of aromatic nitrogens is 5. The quantitative estimate of drug-likeness (QED) is 0.737. The Hall–Kier alpha value is -3.30. The van der Waals surface area contributed by atoms with Crippen LogP contribution in [-0.2, 0) is 13.6 Å². The van der Waals surface area contributed by atoms with Gasteiger partial charge in [0.05, 0.1) is 0 Å². The van der Waals surface area contributed by atoms with Gasteiger partial charge in [-0.05, 0) is 17.7 Å². The Bertz CT molecular complexity index is 949. The van der Waals surface area contributed by atoms with Crippen molar-refractivity contribution >= 4 is 23.0 Å². The van der Waals surface area contributed by atoms with Crippen LogP contribution in [0.3, 0.4) is 0 Å². The van der Waals surface area contributed by atoms with Crippen LogP contribution in [0.15, 0.2) is 30.6 Å². The number of halogens is 1. The first kappa shape index (κ1) is 17.1. The Morgan fingerprint density at radius 3 is 2.63 bits per heavy atom. The van der Waals surface area contributed by atoms with Crippen LogP contribution < -0.4 is 10.2 Å². The van der Waals surface area contributed by atoms with Crippen molar-refractivity contribution in [2.45, 2.75) is 6.54 Å². The molecule has 1 saturated heterocycles. The molecular weight excluding hydrogens is 351 g/mol. The lowest BCUT2D eigenvalue weighted by Gasteiger charge is -2.35. The van der Waals surface area contributed by atoms with Gasteiger partial charge in [0.15, 0.2) is 17.0 Å². The number of urea groups is 1. The van der Waals surface area contributed by atoms with Crippen molar-refractivity contribution in [1.82, 2.24) is 35.2 Å². The molecule has 1 aliphatic rings. The van der Waals surface area contributed by atoms with Gasteiger partial charge in [-0.25, -0.2) is 23.8 Å². The maximum atomic E-state index is 12.9. The van der Waals surface area contributed by atoms with Crippen molar-refractivity contribution in [3.63, 3.8) is 0 Å². The van der Waals surface area contributed by atoms with Gasteiger partial charge >= 0.3 is 6.03 Å². The first-order valence-corrected chi connectivity index (χ1v) is 8.64. The van der Waals surface area contributed by atoms with Crippen LogP contribution in [0.5, 0.6) is 0 Å². The number of anilines is 1. The normalized spacial score (nSPS) is 14.6. The van der Waals surface area contributed by atoms with Crippen LogP contribution in [0.25, 0.3) is 11.2 Å². The SMILES string of the molecule is Cn1nnc2c(N3CCN(C(=O)NCc4ccc(F)cc4)CC3)ncnc21. The van der Waals surface area contributed by atoms with Gasteiger partial charge < -0.3 is 15.1 Å². The molecule has 0 bridgehead atoms. The van der Waals surface area contributed by atoms with Crippen molar-refractivity contribution in [2.24, 2.45) is 7.05 Å². The maximum Gasteiger partial charge on any atom is 0.317 e. The maximum absolute atomic E-state index is 12.9. The number of rotatable bonds is 3. The van der Waals surface area contributed by atoms with Crippen LogP contribution in [0.4, 0.5) is 15.0 Å². The lowest BCUT2D eigenvalue weighted by atomic mass is 10.2. The highest BCUT2D eigenvalue weighted by Gasteiger charge is 2.24. The highest BCUT2D eigenvalue weighted by Crippen LogP contribution is 2.21. The molecule has 0 unspecified atom stereocenters. The predicted octanol–water partition coefficient (Wildman–Crippen LogP) is 0.929. The summed E-state index contributed by atoms with van der Waals surface area (Å²) in [6.45, 7) is 2.80. The van der Waals surface area contributed by atoms with E-state index in [9.17, 15) is 9.18 Å². The third kappa shape index (κ3) is 3.50. The highest BCUT2D eigenvalue weighted by atomic mass is 19.1. The van der Waals surface area contributed by atoms with Gasteiger partial charge in [0, 0.05) is 39.8 Å². The average molecular weight is 370 g/mol. The second-order valence-electron chi connectivity index (χ2n) is 6.34. The van der Waals surface area contributed by atoms with E-state index in [0.717, 1.165) is 11.4 Å². The number of carbonyl (C=O) groups is 1. The van der Waals surface area contributed by atoms with E-state index in [1.165, 1.54) is 18.5 Å². The Labute approximate surface area is 154 Å². The van der Waals surface area contributed by atoms with Crippen molar-refractivity contribution < 1.29 is 9.18 Å². The van der Waals surface area contributed by atoms with Crippen molar-refractivity contribution in [2.75, 3.05) is 31.1 Å². The summed E-state index contributed by atoms with van der Waals surface area (Å²) in [5.41, 5.74) is 2.20. The van der Waals surface area contributed by atoms with E-state index >= 15 is 0 Å². The number of nitrogens with one attached hydrogen (secondary N) is 1. The summed E-state index contributed by atoms with van der Waals surface area (Å²) < 4.78 is 14.5. The molecular formula is C17H19FN8O. The third-order valence-corrected chi connectivity index (χ3v) is 4.59. The first-order valence-electron chi connectivity index (χ1n) is 8.64. The van der Waals surface area contributed by atoms with Gasteiger partial charge in [-0.1, -0.05) is 17.3 Å². The topological polar surface area (TPSA) is 92.1 Å². The molecule has 2 amide bonds. The molecule has 0 spiro atoms. The van der Waals surface area contributed by atoms with E-state index in [1.807, 2.05) is 0 Å². The van der Waals surface area contributed by atoms with Crippen LogP contribution in [-0.4, -0.2) is 62.1 Å². The van der Waals surface area contributed by atoms with E-state index in [2.05, 4.69) is 30.5 Å². The van der Waals surface area contributed by atoms with E-state index < -0.39 is 0 Å². The van der Waals surface area contributed by atoms with Gasteiger partial charge in [-0.3, -0.25) is 0 Å². The molecule has 1 aliphatic heterocycles. The van der Waals surface area contributed by atoms with E-state index in [-0.39, 0.29) is 11.8 Å². The Morgan fingerprint density at radius 2 is 1.89 bits per heavy atom. The summed E-state index contributed by atoms with van der Waals surface area (Å²) in [4.78, 5) is 24.8. The molecule has 0 radical (unpaired) electrons. The first-order chi connectivity index (χ1) is 13.1. The molecule has 1 N–H and O–H groups in total. The predicted molar refractivity (Wildman–Crippen MR) is 96.5 cm³/mol. The van der Waals surface area contributed by atoms with Gasteiger partial charge in [-0.15, -0.1) is 5.10 Å². The fraction of sp³-hybridized carbons (Fsp3) is 0.353. The summed E-state index contributed by atoms with van der Waals surface area (Å²) in [6, 6.07) is 5.96. The van der Waals surface area contributed by atoms with Crippen LogP contribution >= 0.6 is 0 Å². The van der Waals surface area contributed by atoms with E-state index in [4.69, 9.17) is 0 Å². The fourth-order valence-electron chi connectivity index (χ4n) is 3.09. The molecule has 0 aliphatic carbocycles. The number of benzene rings is 1. The number of hydrogen-bond donors (Lipinski definition) is 1. The Kier molecular flexibility index (Phi) is 4.53. The molecule has 1 fully saturated rings. The summed E-state index contributed by atoms with van der Waals surface area (Å²) in [6.07, 6.45) is 1.50. The molecule has 1 aromatic carbocycles.